The van der Waals surface area contributed by atoms with E-state index in [1.807, 2.05) is 6.20 Å². The number of H-pyrrole nitrogens is 1. The summed E-state index contributed by atoms with van der Waals surface area (Å²) in [4.78, 5) is 3.24. The van der Waals surface area contributed by atoms with Crippen molar-refractivity contribution in [3.8, 4) is 0 Å². The zero-order valence-corrected chi connectivity index (χ0v) is 7.82. The molecule has 1 aromatic rings. The van der Waals surface area contributed by atoms with Crippen molar-refractivity contribution in [2.45, 2.75) is 18.9 Å². The summed E-state index contributed by atoms with van der Waals surface area (Å²) in [7, 11) is 0. The number of aromatic nitrogens is 1. The Kier molecular flexibility index (Phi) is 2.00. The third kappa shape index (κ3) is 1.49. The van der Waals surface area contributed by atoms with Gasteiger partial charge in [-0.05, 0) is 41.4 Å². The zero-order valence-electron chi connectivity index (χ0n) is 6.23. The van der Waals surface area contributed by atoms with Gasteiger partial charge in [-0.25, -0.2) is 0 Å². The number of aromatic amines is 1. The minimum absolute atomic E-state index is 0.557. The van der Waals surface area contributed by atoms with E-state index in [-0.39, 0.29) is 0 Å². The summed E-state index contributed by atoms with van der Waals surface area (Å²) < 4.78 is 1.14. The lowest BCUT2D eigenvalue weighted by Crippen LogP contribution is -2.12. The fourth-order valence-corrected chi connectivity index (χ4v) is 1.90. The average molecular weight is 215 g/mol. The molecule has 1 aliphatic heterocycles. The van der Waals surface area contributed by atoms with E-state index in [0.717, 1.165) is 11.0 Å². The van der Waals surface area contributed by atoms with Gasteiger partial charge in [0, 0.05) is 22.4 Å². The Morgan fingerprint density at radius 2 is 2.45 bits per heavy atom. The topological polar surface area (TPSA) is 27.8 Å². The normalized spacial score (nSPS) is 24.3. The summed E-state index contributed by atoms with van der Waals surface area (Å²) in [5.41, 5.74) is 1.30. The highest BCUT2D eigenvalue weighted by Gasteiger charge is 2.16. The van der Waals surface area contributed by atoms with E-state index in [4.69, 9.17) is 0 Å². The molecule has 3 heteroatoms. The molecule has 0 bridgehead atoms. The predicted molar refractivity (Wildman–Crippen MR) is 48.5 cm³/mol. The number of nitrogens with one attached hydrogen (secondary N) is 2. The molecule has 2 N–H and O–H groups in total. The average Bonchev–Trinajstić information content (AvgIpc) is 2.55. The molecule has 1 unspecified atom stereocenters. The van der Waals surface area contributed by atoms with Gasteiger partial charge in [0.15, 0.2) is 0 Å². The molecule has 1 fully saturated rings. The molecule has 0 saturated carbocycles. The summed E-state index contributed by atoms with van der Waals surface area (Å²) in [6.07, 6.45) is 4.53. The van der Waals surface area contributed by atoms with Crippen LogP contribution in [0.2, 0.25) is 0 Å². The molecule has 1 aliphatic rings. The molecule has 11 heavy (non-hydrogen) atoms. The Hall–Kier alpha value is -0.280. The summed E-state index contributed by atoms with van der Waals surface area (Å²) in [6, 6.07) is 2.70. The molecule has 0 amide bonds. The molecule has 1 saturated heterocycles. The fraction of sp³-hybridized carbons (Fsp3) is 0.500. The van der Waals surface area contributed by atoms with Crippen LogP contribution >= 0.6 is 15.9 Å². The summed E-state index contributed by atoms with van der Waals surface area (Å²) >= 11 is 3.42. The fourth-order valence-electron chi connectivity index (χ4n) is 1.54. The van der Waals surface area contributed by atoms with Gasteiger partial charge in [0.25, 0.3) is 0 Å². The van der Waals surface area contributed by atoms with Crippen molar-refractivity contribution in [2.24, 2.45) is 0 Å². The van der Waals surface area contributed by atoms with E-state index in [1.165, 1.54) is 18.5 Å². The number of hydrogen-bond acceptors (Lipinski definition) is 1. The Bertz CT molecular complexity index is 238. The standard InChI is InChI=1S/C8H11BrN2/c9-6-4-8(11-5-6)7-2-1-3-10-7/h4-5,7,10-11H,1-3H2. The summed E-state index contributed by atoms with van der Waals surface area (Å²) in [6.45, 7) is 1.15. The monoisotopic (exact) mass is 214 g/mol. The van der Waals surface area contributed by atoms with Crippen LogP contribution in [0.25, 0.3) is 0 Å². The van der Waals surface area contributed by atoms with E-state index in [2.05, 4.69) is 32.3 Å². The molecular weight excluding hydrogens is 204 g/mol. The van der Waals surface area contributed by atoms with Crippen molar-refractivity contribution < 1.29 is 0 Å². The lowest BCUT2D eigenvalue weighted by molar-refractivity contribution is 0.632. The first-order chi connectivity index (χ1) is 5.36. The van der Waals surface area contributed by atoms with Crippen molar-refractivity contribution in [1.82, 2.24) is 10.3 Å². The van der Waals surface area contributed by atoms with Gasteiger partial charge in [-0.2, -0.15) is 0 Å². The molecule has 0 aliphatic carbocycles. The third-order valence-electron chi connectivity index (χ3n) is 2.11. The Balaban J connectivity index is 2.15. The molecule has 60 valence electrons. The maximum Gasteiger partial charge on any atom is 0.0473 e. The second kappa shape index (κ2) is 2.99. The Labute approximate surface area is 74.5 Å². The van der Waals surface area contributed by atoms with E-state index in [0.29, 0.717) is 6.04 Å². The smallest absolute Gasteiger partial charge is 0.0473 e. The van der Waals surface area contributed by atoms with Gasteiger partial charge in [0.1, 0.15) is 0 Å². The largest absolute Gasteiger partial charge is 0.363 e. The van der Waals surface area contributed by atoms with E-state index >= 15 is 0 Å². The third-order valence-corrected chi connectivity index (χ3v) is 2.56. The summed E-state index contributed by atoms with van der Waals surface area (Å²) in [5.74, 6) is 0. The first kappa shape index (κ1) is 7.37. The van der Waals surface area contributed by atoms with Crippen molar-refractivity contribution >= 4 is 15.9 Å². The number of rotatable bonds is 1. The van der Waals surface area contributed by atoms with Crippen LogP contribution in [0.15, 0.2) is 16.7 Å². The van der Waals surface area contributed by atoms with Crippen LogP contribution in [0, 0.1) is 0 Å². The lowest BCUT2D eigenvalue weighted by Gasteiger charge is -2.05. The van der Waals surface area contributed by atoms with Crippen molar-refractivity contribution in [3.05, 3.63) is 22.4 Å². The maximum atomic E-state index is 3.43. The molecule has 0 aromatic carbocycles. The molecule has 1 aromatic heterocycles. The predicted octanol–water partition coefficient (Wildman–Crippen LogP) is 2.20. The van der Waals surface area contributed by atoms with Crippen LogP contribution in [-0.2, 0) is 0 Å². The first-order valence-electron chi connectivity index (χ1n) is 3.93. The van der Waals surface area contributed by atoms with Crippen molar-refractivity contribution in [3.63, 3.8) is 0 Å². The highest BCUT2D eigenvalue weighted by Crippen LogP contribution is 2.23. The zero-order chi connectivity index (χ0) is 7.68. The minimum Gasteiger partial charge on any atom is -0.363 e. The molecule has 2 heterocycles. The van der Waals surface area contributed by atoms with E-state index < -0.39 is 0 Å². The molecule has 2 nitrogen and oxygen atoms in total. The SMILES string of the molecule is Brc1c[nH]c(C2CCCN2)c1. The van der Waals surface area contributed by atoms with Crippen molar-refractivity contribution in [1.29, 1.82) is 0 Å². The van der Waals surface area contributed by atoms with Crippen LogP contribution in [0.4, 0.5) is 0 Å². The molecule has 0 spiro atoms. The van der Waals surface area contributed by atoms with Gasteiger partial charge in [-0.15, -0.1) is 0 Å². The second-order valence-electron chi connectivity index (χ2n) is 2.92. The van der Waals surface area contributed by atoms with Crippen LogP contribution in [0.1, 0.15) is 24.6 Å². The second-order valence-corrected chi connectivity index (χ2v) is 3.84. The van der Waals surface area contributed by atoms with Gasteiger partial charge in [-0.3, -0.25) is 0 Å². The molecule has 0 radical (unpaired) electrons. The Morgan fingerprint density at radius 1 is 1.55 bits per heavy atom. The molecular formula is C8H11BrN2. The Morgan fingerprint density at radius 3 is 3.00 bits per heavy atom. The maximum absolute atomic E-state index is 3.43. The molecule has 2 rings (SSSR count). The lowest BCUT2D eigenvalue weighted by atomic mass is 10.2. The van der Waals surface area contributed by atoms with Crippen LogP contribution in [0.5, 0.6) is 0 Å². The van der Waals surface area contributed by atoms with Crippen LogP contribution in [-0.4, -0.2) is 11.5 Å². The van der Waals surface area contributed by atoms with Gasteiger partial charge in [0.05, 0.1) is 0 Å². The van der Waals surface area contributed by atoms with Crippen LogP contribution in [0.3, 0.4) is 0 Å². The first-order valence-corrected chi connectivity index (χ1v) is 4.73. The van der Waals surface area contributed by atoms with Crippen molar-refractivity contribution in [2.75, 3.05) is 6.54 Å². The van der Waals surface area contributed by atoms with Gasteiger partial charge < -0.3 is 10.3 Å². The van der Waals surface area contributed by atoms with Gasteiger partial charge >= 0.3 is 0 Å². The number of halogens is 1. The minimum atomic E-state index is 0.557. The molecule has 1 atom stereocenters. The number of hydrogen-bond donors (Lipinski definition) is 2. The van der Waals surface area contributed by atoms with E-state index in [1.54, 1.807) is 0 Å². The highest BCUT2D eigenvalue weighted by atomic mass is 79.9. The quantitative estimate of drug-likeness (QED) is 0.738. The highest BCUT2D eigenvalue weighted by molar-refractivity contribution is 9.10. The van der Waals surface area contributed by atoms with Gasteiger partial charge in [-0.1, -0.05) is 0 Å². The van der Waals surface area contributed by atoms with Gasteiger partial charge in [0.2, 0.25) is 0 Å². The van der Waals surface area contributed by atoms with Crippen LogP contribution < -0.4 is 5.32 Å². The summed E-state index contributed by atoms with van der Waals surface area (Å²) in [5, 5.41) is 3.43. The van der Waals surface area contributed by atoms with E-state index in [9.17, 15) is 0 Å².